The maximum absolute atomic E-state index is 11.7. The van der Waals surface area contributed by atoms with E-state index in [1.807, 2.05) is 30.3 Å². The van der Waals surface area contributed by atoms with Crippen LogP contribution in [0.1, 0.15) is 27.0 Å². The molecule has 2 N–H and O–H groups in total. The van der Waals surface area contributed by atoms with Crippen LogP contribution in [0.4, 0.5) is 0 Å². The largest absolute Gasteiger partial charge is 0.493 e. The van der Waals surface area contributed by atoms with Crippen LogP contribution in [0.5, 0.6) is 11.5 Å². The van der Waals surface area contributed by atoms with Crippen molar-refractivity contribution in [2.45, 2.75) is 19.5 Å². The van der Waals surface area contributed by atoms with E-state index in [9.17, 15) is 4.79 Å². The molecular weight excluding hydrogens is 368 g/mol. The van der Waals surface area contributed by atoms with E-state index in [0.29, 0.717) is 12.1 Å². The van der Waals surface area contributed by atoms with Gasteiger partial charge in [0, 0.05) is 39.3 Å². The van der Waals surface area contributed by atoms with Gasteiger partial charge in [0.2, 0.25) is 0 Å². The van der Waals surface area contributed by atoms with E-state index >= 15 is 0 Å². The van der Waals surface area contributed by atoms with Crippen molar-refractivity contribution in [3.63, 3.8) is 0 Å². The number of hydrogen-bond acceptors (Lipinski definition) is 4. The fourth-order valence-electron chi connectivity index (χ4n) is 3.50. The summed E-state index contributed by atoms with van der Waals surface area (Å²) in [5.41, 5.74) is 4.23. The third kappa shape index (κ3) is 4.62. The number of carbonyl (C=O) groups is 1. The number of ether oxygens (including phenoxy) is 2. The highest BCUT2D eigenvalue weighted by atomic mass is 16.5. The fraction of sp³-hybridized carbons (Fsp3) is 0.364. The first-order chi connectivity index (χ1) is 14.1. The molecule has 0 atom stereocenters. The molecule has 0 unspecified atom stereocenters. The number of carbonyl (C=O) groups excluding carboxylic acids is 1. The summed E-state index contributed by atoms with van der Waals surface area (Å²) in [5, 5.41) is 6.05. The monoisotopic (exact) mass is 396 g/mol. The van der Waals surface area contributed by atoms with Gasteiger partial charge < -0.3 is 25.0 Å². The van der Waals surface area contributed by atoms with E-state index in [4.69, 9.17) is 9.47 Å². The van der Waals surface area contributed by atoms with Gasteiger partial charge in [-0.05, 0) is 47.4 Å². The molecule has 0 aromatic heterocycles. The first-order valence-corrected chi connectivity index (χ1v) is 9.60. The molecule has 0 spiro atoms. The Morgan fingerprint density at radius 3 is 2.34 bits per heavy atom. The molecule has 2 aromatic carbocycles. The van der Waals surface area contributed by atoms with Gasteiger partial charge in [-0.3, -0.25) is 9.79 Å². The molecule has 7 nitrogen and oxygen atoms in total. The van der Waals surface area contributed by atoms with Crippen LogP contribution in [0.3, 0.4) is 0 Å². The summed E-state index contributed by atoms with van der Waals surface area (Å²) in [6.45, 7) is 2.26. The Balaban J connectivity index is 1.66. The summed E-state index contributed by atoms with van der Waals surface area (Å²) in [4.78, 5) is 18.3. The highest BCUT2D eigenvalue weighted by Crippen LogP contribution is 2.33. The van der Waals surface area contributed by atoms with Crippen molar-refractivity contribution < 1.29 is 14.3 Å². The van der Waals surface area contributed by atoms with Crippen LogP contribution < -0.4 is 20.1 Å². The van der Waals surface area contributed by atoms with Gasteiger partial charge in [-0.15, -0.1) is 0 Å². The molecule has 1 aliphatic rings. The van der Waals surface area contributed by atoms with Gasteiger partial charge in [-0.1, -0.05) is 12.1 Å². The lowest BCUT2D eigenvalue weighted by Gasteiger charge is -2.32. The second-order valence-electron chi connectivity index (χ2n) is 6.82. The Morgan fingerprint density at radius 1 is 1.10 bits per heavy atom. The molecule has 29 heavy (non-hydrogen) atoms. The number of hydrogen-bond donors (Lipinski definition) is 2. The molecule has 0 fully saturated rings. The second kappa shape index (κ2) is 9.32. The number of benzene rings is 2. The molecule has 1 aliphatic heterocycles. The SMILES string of the molecule is CN=C(NCc1ccc(C(=O)NC)cc1)N1CCc2cc(OC)c(OC)cc2C1. The maximum atomic E-state index is 11.7. The number of nitrogens with one attached hydrogen (secondary N) is 2. The zero-order valence-corrected chi connectivity index (χ0v) is 17.4. The van der Waals surface area contributed by atoms with E-state index < -0.39 is 0 Å². The Morgan fingerprint density at radius 2 is 1.76 bits per heavy atom. The molecule has 1 amide bonds. The maximum Gasteiger partial charge on any atom is 0.251 e. The third-order valence-electron chi connectivity index (χ3n) is 5.12. The first-order valence-electron chi connectivity index (χ1n) is 9.60. The minimum atomic E-state index is -0.0839. The predicted octanol–water partition coefficient (Wildman–Crippen LogP) is 2.20. The van der Waals surface area contributed by atoms with Gasteiger partial charge in [0.05, 0.1) is 14.2 Å². The molecule has 154 valence electrons. The number of fused-ring (bicyclic) bond motifs is 1. The highest BCUT2D eigenvalue weighted by Gasteiger charge is 2.21. The van der Waals surface area contributed by atoms with Crippen LogP contribution in [0.25, 0.3) is 0 Å². The summed E-state index contributed by atoms with van der Waals surface area (Å²) in [5.74, 6) is 2.27. The average Bonchev–Trinajstić information content (AvgIpc) is 2.78. The van der Waals surface area contributed by atoms with E-state index in [-0.39, 0.29) is 5.91 Å². The van der Waals surface area contributed by atoms with Crippen LogP contribution in [-0.2, 0) is 19.5 Å². The number of aliphatic imine (C=N–C) groups is 1. The first kappa shape index (κ1) is 20.5. The quantitative estimate of drug-likeness (QED) is 0.599. The minimum Gasteiger partial charge on any atom is -0.493 e. The lowest BCUT2D eigenvalue weighted by Crippen LogP contribution is -2.43. The smallest absolute Gasteiger partial charge is 0.251 e. The molecule has 0 saturated carbocycles. The molecule has 0 radical (unpaired) electrons. The third-order valence-corrected chi connectivity index (χ3v) is 5.12. The van der Waals surface area contributed by atoms with E-state index in [1.54, 1.807) is 28.3 Å². The number of nitrogens with zero attached hydrogens (tertiary/aromatic N) is 2. The normalized spacial score (nSPS) is 13.5. The average molecular weight is 396 g/mol. The summed E-state index contributed by atoms with van der Waals surface area (Å²) >= 11 is 0. The van der Waals surface area contributed by atoms with Gasteiger partial charge in [-0.25, -0.2) is 0 Å². The molecule has 1 heterocycles. The van der Waals surface area contributed by atoms with Crippen molar-refractivity contribution in [1.82, 2.24) is 15.5 Å². The molecular formula is C22H28N4O3. The molecule has 0 aliphatic carbocycles. The van der Waals surface area contributed by atoms with Crippen LogP contribution in [-0.4, -0.2) is 51.6 Å². The number of amides is 1. The van der Waals surface area contributed by atoms with Crippen molar-refractivity contribution >= 4 is 11.9 Å². The summed E-state index contributed by atoms with van der Waals surface area (Å²) in [7, 11) is 6.73. The van der Waals surface area contributed by atoms with Crippen molar-refractivity contribution in [2.75, 3.05) is 34.9 Å². The van der Waals surface area contributed by atoms with Crippen molar-refractivity contribution in [2.24, 2.45) is 4.99 Å². The van der Waals surface area contributed by atoms with E-state index in [0.717, 1.165) is 42.5 Å². The lowest BCUT2D eigenvalue weighted by atomic mass is 9.99. The van der Waals surface area contributed by atoms with Crippen molar-refractivity contribution in [3.8, 4) is 11.5 Å². The molecule has 7 heteroatoms. The fourth-order valence-corrected chi connectivity index (χ4v) is 3.50. The Kier molecular flexibility index (Phi) is 6.59. The van der Waals surface area contributed by atoms with Gasteiger partial charge in [-0.2, -0.15) is 0 Å². The van der Waals surface area contributed by atoms with Gasteiger partial charge in [0.1, 0.15) is 0 Å². The Labute approximate surface area is 171 Å². The van der Waals surface area contributed by atoms with Crippen LogP contribution in [0, 0.1) is 0 Å². The van der Waals surface area contributed by atoms with Crippen LogP contribution >= 0.6 is 0 Å². The molecule has 2 aromatic rings. The van der Waals surface area contributed by atoms with Gasteiger partial charge >= 0.3 is 0 Å². The number of guanidine groups is 1. The zero-order valence-electron chi connectivity index (χ0n) is 17.4. The number of rotatable bonds is 5. The molecule has 0 saturated heterocycles. The summed E-state index contributed by atoms with van der Waals surface area (Å²) in [6, 6.07) is 11.7. The van der Waals surface area contributed by atoms with Crippen LogP contribution in [0.2, 0.25) is 0 Å². The molecule has 0 bridgehead atoms. The van der Waals surface area contributed by atoms with Gasteiger partial charge in [0.25, 0.3) is 5.91 Å². The highest BCUT2D eigenvalue weighted by molar-refractivity contribution is 5.93. The Bertz CT molecular complexity index is 894. The lowest BCUT2D eigenvalue weighted by molar-refractivity contribution is 0.0963. The zero-order chi connectivity index (χ0) is 20.8. The van der Waals surface area contributed by atoms with Crippen molar-refractivity contribution in [1.29, 1.82) is 0 Å². The van der Waals surface area contributed by atoms with Crippen LogP contribution in [0.15, 0.2) is 41.4 Å². The molecule has 3 rings (SSSR count). The summed E-state index contributed by atoms with van der Waals surface area (Å²) < 4.78 is 10.9. The minimum absolute atomic E-state index is 0.0839. The number of methoxy groups -OCH3 is 2. The van der Waals surface area contributed by atoms with Crippen molar-refractivity contribution in [3.05, 3.63) is 58.7 Å². The van der Waals surface area contributed by atoms with E-state index in [1.165, 1.54) is 11.1 Å². The predicted molar refractivity (Wildman–Crippen MR) is 114 cm³/mol. The van der Waals surface area contributed by atoms with E-state index in [2.05, 4.69) is 26.6 Å². The van der Waals surface area contributed by atoms with Gasteiger partial charge in [0.15, 0.2) is 17.5 Å². The topological polar surface area (TPSA) is 75.2 Å². The Hall–Kier alpha value is -3.22. The second-order valence-corrected chi connectivity index (χ2v) is 6.82. The summed E-state index contributed by atoms with van der Waals surface area (Å²) in [6.07, 6.45) is 0.914. The standard InChI is InChI=1S/C22H28N4O3/c1-23-21(27)16-7-5-15(6-8-16)13-25-22(24-2)26-10-9-17-11-19(28-3)20(29-4)12-18(17)14-26/h5-8,11-12H,9-10,13-14H2,1-4H3,(H,23,27)(H,24,25).